The summed E-state index contributed by atoms with van der Waals surface area (Å²) in [6.07, 6.45) is 3.56. The Hall–Kier alpha value is -3.29. The summed E-state index contributed by atoms with van der Waals surface area (Å²) >= 11 is 0. The number of benzene rings is 1. The number of allylic oxidation sites excluding steroid dienone is 2. The second kappa shape index (κ2) is 8.38. The molecule has 0 unspecified atom stereocenters. The van der Waals surface area contributed by atoms with Crippen molar-refractivity contribution in [3.8, 4) is 0 Å². The van der Waals surface area contributed by atoms with Gasteiger partial charge in [0, 0.05) is 11.3 Å². The molecule has 1 N–H and O–H groups in total. The van der Waals surface area contributed by atoms with Crippen molar-refractivity contribution in [2.45, 2.75) is 32.8 Å². The highest BCUT2D eigenvalue weighted by Crippen LogP contribution is 2.34. The number of nitrogens with one attached hydrogen (secondary N) is 1. The van der Waals surface area contributed by atoms with Crippen molar-refractivity contribution in [1.82, 2.24) is 4.90 Å². The van der Waals surface area contributed by atoms with Crippen LogP contribution in [0.25, 0.3) is 0 Å². The molecule has 1 aliphatic carbocycles. The third-order valence-corrected chi connectivity index (χ3v) is 5.10. The number of hydrogen-bond donors (Lipinski definition) is 1. The molecule has 1 saturated heterocycles. The molecule has 0 spiro atoms. The van der Waals surface area contributed by atoms with Gasteiger partial charge in [0.2, 0.25) is 11.8 Å². The highest BCUT2D eigenvalue weighted by atomic mass is 16.5. The molecule has 8 heteroatoms. The molecule has 0 bridgehead atoms. The smallest absolute Gasteiger partial charge is 0.326 e. The number of Topliss-reactive ketones (excluding diaryl/α,β-unsaturated/α-hetero) is 1. The Morgan fingerprint density at radius 3 is 2.34 bits per heavy atom. The number of carbonyl (C=O) groups excluding carboxylic acids is 5. The van der Waals surface area contributed by atoms with Crippen molar-refractivity contribution in [1.29, 1.82) is 0 Å². The number of rotatable bonds is 6. The van der Waals surface area contributed by atoms with Gasteiger partial charge in [-0.2, -0.15) is 0 Å². The van der Waals surface area contributed by atoms with Gasteiger partial charge in [-0.15, -0.1) is 0 Å². The van der Waals surface area contributed by atoms with E-state index >= 15 is 0 Å². The van der Waals surface area contributed by atoms with Crippen molar-refractivity contribution in [3.63, 3.8) is 0 Å². The number of likely N-dealkylation sites (tertiary alicyclic amines) is 1. The van der Waals surface area contributed by atoms with E-state index in [-0.39, 0.29) is 17.6 Å². The molecular formula is C21H22N2O6. The molecule has 0 aromatic heterocycles. The van der Waals surface area contributed by atoms with Crippen molar-refractivity contribution >= 4 is 35.2 Å². The van der Waals surface area contributed by atoms with Crippen molar-refractivity contribution < 1.29 is 28.7 Å². The Bertz CT molecular complexity index is 880. The Balaban J connectivity index is 1.56. The third kappa shape index (κ3) is 4.42. The van der Waals surface area contributed by atoms with Crippen LogP contribution in [0, 0.1) is 11.8 Å². The molecule has 3 amide bonds. The van der Waals surface area contributed by atoms with E-state index in [0.29, 0.717) is 24.1 Å². The van der Waals surface area contributed by atoms with Crippen molar-refractivity contribution in [2.75, 3.05) is 11.9 Å². The SMILES string of the molecule is CC(=O)c1cccc(NC(=O)[C@@H](C)OC(=O)CN2C(=O)[C@H]3CC=CC[C@H]3C2=O)c1. The van der Waals surface area contributed by atoms with E-state index in [9.17, 15) is 24.0 Å². The lowest BCUT2D eigenvalue weighted by Crippen LogP contribution is -2.39. The molecule has 2 aliphatic rings. The number of fused-ring (bicyclic) bond motifs is 1. The molecule has 1 aliphatic heterocycles. The minimum Gasteiger partial charge on any atom is -0.451 e. The van der Waals surface area contributed by atoms with Crippen LogP contribution in [0.15, 0.2) is 36.4 Å². The van der Waals surface area contributed by atoms with Gasteiger partial charge in [0.1, 0.15) is 6.54 Å². The zero-order chi connectivity index (χ0) is 21.1. The zero-order valence-corrected chi connectivity index (χ0v) is 16.2. The Labute approximate surface area is 167 Å². The van der Waals surface area contributed by atoms with Crippen molar-refractivity contribution in [2.24, 2.45) is 11.8 Å². The number of ketones is 1. The van der Waals surface area contributed by atoms with E-state index in [1.54, 1.807) is 18.2 Å². The number of hydrogen-bond acceptors (Lipinski definition) is 6. The predicted octanol–water partition coefficient (Wildman–Crippen LogP) is 1.71. The minimum atomic E-state index is -1.14. The summed E-state index contributed by atoms with van der Waals surface area (Å²) in [5.74, 6) is -3.16. The van der Waals surface area contributed by atoms with E-state index in [1.165, 1.54) is 19.9 Å². The first-order valence-corrected chi connectivity index (χ1v) is 9.39. The molecule has 152 valence electrons. The highest BCUT2D eigenvalue weighted by molar-refractivity contribution is 6.07. The van der Waals surface area contributed by atoms with Gasteiger partial charge in [-0.05, 0) is 38.8 Å². The summed E-state index contributed by atoms with van der Waals surface area (Å²) in [5, 5.41) is 2.57. The fourth-order valence-electron chi connectivity index (χ4n) is 3.50. The molecule has 1 heterocycles. The van der Waals surface area contributed by atoms with Gasteiger partial charge < -0.3 is 10.1 Å². The maximum atomic E-state index is 12.4. The molecular weight excluding hydrogens is 376 g/mol. The first-order valence-electron chi connectivity index (χ1n) is 9.39. The average Bonchev–Trinajstić information content (AvgIpc) is 2.93. The van der Waals surface area contributed by atoms with Crippen LogP contribution in [0.4, 0.5) is 5.69 Å². The molecule has 0 radical (unpaired) electrons. The fraction of sp³-hybridized carbons (Fsp3) is 0.381. The number of imide groups is 1. The molecule has 0 saturated carbocycles. The van der Waals surface area contributed by atoms with Crippen LogP contribution < -0.4 is 5.32 Å². The van der Waals surface area contributed by atoms with E-state index in [2.05, 4.69) is 5.32 Å². The van der Waals surface area contributed by atoms with Gasteiger partial charge in [-0.1, -0.05) is 24.3 Å². The Morgan fingerprint density at radius 2 is 1.76 bits per heavy atom. The summed E-state index contributed by atoms with van der Waals surface area (Å²) in [5.41, 5.74) is 0.835. The molecule has 1 aromatic rings. The number of amides is 3. The number of nitrogens with zero attached hydrogens (tertiary/aromatic N) is 1. The summed E-state index contributed by atoms with van der Waals surface area (Å²) in [7, 11) is 0. The van der Waals surface area contributed by atoms with Crippen LogP contribution in [0.1, 0.15) is 37.0 Å². The molecule has 3 atom stereocenters. The maximum absolute atomic E-state index is 12.4. The molecule has 3 rings (SSSR count). The second-order valence-corrected chi connectivity index (χ2v) is 7.18. The molecule has 1 aromatic carbocycles. The van der Waals surface area contributed by atoms with E-state index in [0.717, 1.165) is 4.90 Å². The minimum absolute atomic E-state index is 0.142. The van der Waals surface area contributed by atoms with Gasteiger partial charge in [0.05, 0.1) is 11.8 Å². The summed E-state index contributed by atoms with van der Waals surface area (Å²) in [6, 6.07) is 6.38. The van der Waals surface area contributed by atoms with Crippen molar-refractivity contribution in [3.05, 3.63) is 42.0 Å². The third-order valence-electron chi connectivity index (χ3n) is 5.10. The Kier molecular flexibility index (Phi) is 5.91. The van der Waals surface area contributed by atoms with Crippen LogP contribution in [-0.2, 0) is 23.9 Å². The highest BCUT2D eigenvalue weighted by Gasteiger charge is 2.47. The van der Waals surface area contributed by atoms with Gasteiger partial charge >= 0.3 is 5.97 Å². The fourth-order valence-corrected chi connectivity index (χ4v) is 3.50. The van der Waals surface area contributed by atoms with Gasteiger partial charge in [0.25, 0.3) is 5.91 Å². The lowest BCUT2D eigenvalue weighted by molar-refractivity contribution is -0.158. The molecule has 8 nitrogen and oxygen atoms in total. The van der Waals surface area contributed by atoms with Gasteiger partial charge in [-0.3, -0.25) is 28.9 Å². The molecule has 29 heavy (non-hydrogen) atoms. The van der Waals surface area contributed by atoms with Gasteiger partial charge in [-0.25, -0.2) is 0 Å². The summed E-state index contributed by atoms with van der Waals surface area (Å²) in [6.45, 7) is 2.29. The Morgan fingerprint density at radius 1 is 1.14 bits per heavy atom. The van der Waals surface area contributed by atoms with E-state index in [1.807, 2.05) is 12.2 Å². The summed E-state index contributed by atoms with van der Waals surface area (Å²) < 4.78 is 5.09. The van der Waals surface area contributed by atoms with E-state index < -0.39 is 36.4 Å². The largest absolute Gasteiger partial charge is 0.451 e. The normalized spacial score (nSPS) is 21.5. The van der Waals surface area contributed by atoms with Crippen LogP contribution >= 0.6 is 0 Å². The maximum Gasteiger partial charge on any atom is 0.326 e. The first-order chi connectivity index (χ1) is 13.8. The zero-order valence-electron chi connectivity index (χ0n) is 16.2. The monoisotopic (exact) mass is 398 g/mol. The number of carbonyl (C=O) groups is 5. The van der Waals surface area contributed by atoms with Crippen LogP contribution in [0.2, 0.25) is 0 Å². The van der Waals surface area contributed by atoms with Crippen LogP contribution in [0.5, 0.6) is 0 Å². The standard InChI is InChI=1S/C21H22N2O6/c1-12(24)14-6-5-7-15(10-14)22-19(26)13(2)29-18(25)11-23-20(27)16-8-3-4-9-17(16)21(23)28/h3-7,10,13,16-17H,8-9,11H2,1-2H3,(H,22,26)/t13-,16-,17+/m1/s1. The van der Waals surface area contributed by atoms with Gasteiger partial charge in [0.15, 0.2) is 11.9 Å². The average molecular weight is 398 g/mol. The summed E-state index contributed by atoms with van der Waals surface area (Å²) in [4.78, 5) is 61.6. The topological polar surface area (TPSA) is 110 Å². The lowest BCUT2D eigenvalue weighted by atomic mass is 9.85. The van der Waals surface area contributed by atoms with Crippen LogP contribution in [0.3, 0.4) is 0 Å². The predicted molar refractivity (Wildman–Crippen MR) is 103 cm³/mol. The molecule has 1 fully saturated rings. The number of ether oxygens (including phenoxy) is 1. The van der Waals surface area contributed by atoms with E-state index in [4.69, 9.17) is 4.74 Å². The number of anilines is 1. The van der Waals surface area contributed by atoms with Crippen LogP contribution in [-0.4, -0.2) is 47.0 Å². The second-order valence-electron chi connectivity index (χ2n) is 7.18. The lowest BCUT2D eigenvalue weighted by Gasteiger charge is -2.17. The quantitative estimate of drug-likeness (QED) is 0.338. The number of esters is 1. The first kappa shape index (κ1) is 20.4.